The Morgan fingerprint density at radius 1 is 1.38 bits per heavy atom. The van der Waals surface area contributed by atoms with Crippen LogP contribution in [-0.4, -0.2) is 9.55 Å². The second-order valence-electron chi connectivity index (χ2n) is 5.49. The number of nitrogens with zero attached hydrogens (tertiary/aromatic N) is 2. The molecule has 0 amide bonds. The molecule has 5 heteroatoms. The third-order valence-electron chi connectivity index (χ3n) is 3.47. The predicted octanol–water partition coefficient (Wildman–Crippen LogP) is 5.47. The third-order valence-corrected chi connectivity index (χ3v) is 4.28. The average Bonchev–Trinajstić information content (AvgIpc) is 2.74. The highest BCUT2D eigenvalue weighted by molar-refractivity contribution is 9.10. The second kappa shape index (κ2) is 6.84. The van der Waals surface area contributed by atoms with Crippen molar-refractivity contribution < 1.29 is 0 Å². The molecule has 0 unspecified atom stereocenters. The van der Waals surface area contributed by atoms with E-state index in [1.165, 1.54) is 0 Å². The summed E-state index contributed by atoms with van der Waals surface area (Å²) in [6.45, 7) is 7.35. The van der Waals surface area contributed by atoms with Gasteiger partial charge >= 0.3 is 0 Å². The summed E-state index contributed by atoms with van der Waals surface area (Å²) < 4.78 is 3.08. The molecule has 3 nitrogen and oxygen atoms in total. The van der Waals surface area contributed by atoms with Crippen LogP contribution in [0, 0.1) is 0 Å². The molecule has 2 rings (SSSR count). The van der Waals surface area contributed by atoms with Crippen LogP contribution in [0.2, 0.25) is 5.02 Å². The molecule has 1 aromatic heterocycles. The number of anilines is 1. The number of aromatic nitrogens is 2. The lowest BCUT2D eigenvalue weighted by atomic mass is 10.1. The number of hydrogen-bond donors (Lipinski definition) is 1. The maximum Gasteiger partial charge on any atom is 0.131 e. The first-order valence-electron chi connectivity index (χ1n) is 7.27. The van der Waals surface area contributed by atoms with Gasteiger partial charge in [-0.2, -0.15) is 0 Å². The first-order valence-corrected chi connectivity index (χ1v) is 8.44. The van der Waals surface area contributed by atoms with Crippen molar-refractivity contribution in [1.29, 1.82) is 0 Å². The Hall–Kier alpha value is -1.00. The molecule has 0 atom stereocenters. The van der Waals surface area contributed by atoms with Gasteiger partial charge in [0.2, 0.25) is 0 Å². The number of imidazole rings is 1. The molecule has 0 aliphatic rings. The van der Waals surface area contributed by atoms with E-state index in [1.807, 2.05) is 18.2 Å². The zero-order chi connectivity index (χ0) is 15.6. The maximum absolute atomic E-state index is 6.35. The number of benzene rings is 1. The molecule has 0 spiro atoms. The molecule has 0 bridgehead atoms. The Morgan fingerprint density at radius 2 is 2.10 bits per heavy atom. The van der Waals surface area contributed by atoms with Crippen molar-refractivity contribution in [3.8, 4) is 11.3 Å². The van der Waals surface area contributed by atoms with E-state index in [1.54, 1.807) is 0 Å². The van der Waals surface area contributed by atoms with E-state index in [0.717, 1.165) is 40.9 Å². The fraction of sp³-hybridized carbons (Fsp3) is 0.438. The molecule has 114 valence electrons. The highest BCUT2D eigenvalue weighted by Gasteiger charge is 2.19. The van der Waals surface area contributed by atoms with E-state index in [-0.39, 0.29) is 0 Å². The van der Waals surface area contributed by atoms with Gasteiger partial charge in [-0.05, 0) is 18.6 Å². The Kier molecular flexibility index (Phi) is 5.33. The molecular weight excluding hydrogens is 350 g/mol. The topological polar surface area (TPSA) is 43.8 Å². The maximum atomic E-state index is 6.35. The number of halogens is 2. The van der Waals surface area contributed by atoms with E-state index in [0.29, 0.717) is 16.8 Å². The fourth-order valence-corrected chi connectivity index (χ4v) is 3.12. The van der Waals surface area contributed by atoms with Gasteiger partial charge in [0.15, 0.2) is 0 Å². The molecule has 0 radical (unpaired) electrons. The van der Waals surface area contributed by atoms with Gasteiger partial charge in [-0.25, -0.2) is 4.98 Å². The quantitative estimate of drug-likeness (QED) is 0.758. The van der Waals surface area contributed by atoms with Crippen LogP contribution in [0.4, 0.5) is 5.82 Å². The van der Waals surface area contributed by atoms with Crippen molar-refractivity contribution in [2.24, 2.45) is 0 Å². The Balaban J connectivity index is 2.54. The van der Waals surface area contributed by atoms with E-state index >= 15 is 0 Å². The number of hydrogen-bond acceptors (Lipinski definition) is 2. The largest absolute Gasteiger partial charge is 0.383 e. The van der Waals surface area contributed by atoms with Crippen LogP contribution >= 0.6 is 27.5 Å². The fourth-order valence-electron chi connectivity index (χ4n) is 2.36. The van der Waals surface area contributed by atoms with Crippen LogP contribution in [-0.2, 0) is 6.54 Å². The molecule has 0 saturated heterocycles. The monoisotopic (exact) mass is 369 g/mol. The smallest absolute Gasteiger partial charge is 0.131 e. The predicted molar refractivity (Wildman–Crippen MR) is 93.8 cm³/mol. The van der Waals surface area contributed by atoms with E-state index in [2.05, 4.69) is 41.3 Å². The van der Waals surface area contributed by atoms with Gasteiger partial charge < -0.3 is 10.3 Å². The summed E-state index contributed by atoms with van der Waals surface area (Å²) in [5.74, 6) is 2.05. The Bertz CT molecular complexity index is 635. The summed E-state index contributed by atoms with van der Waals surface area (Å²) in [5.41, 5.74) is 8.02. The van der Waals surface area contributed by atoms with Crippen LogP contribution in [0.15, 0.2) is 22.7 Å². The van der Waals surface area contributed by atoms with Crippen molar-refractivity contribution in [1.82, 2.24) is 9.55 Å². The van der Waals surface area contributed by atoms with Gasteiger partial charge in [-0.3, -0.25) is 0 Å². The second-order valence-corrected chi connectivity index (χ2v) is 6.81. The van der Waals surface area contributed by atoms with Crippen LogP contribution < -0.4 is 5.73 Å². The zero-order valence-corrected chi connectivity index (χ0v) is 15.0. The Labute approximate surface area is 139 Å². The molecule has 2 aromatic rings. The molecule has 0 aliphatic heterocycles. The summed E-state index contributed by atoms with van der Waals surface area (Å²) in [4.78, 5) is 4.76. The summed E-state index contributed by atoms with van der Waals surface area (Å²) in [7, 11) is 0. The molecule has 21 heavy (non-hydrogen) atoms. The molecule has 1 aromatic carbocycles. The summed E-state index contributed by atoms with van der Waals surface area (Å²) in [6, 6.07) is 5.79. The highest BCUT2D eigenvalue weighted by atomic mass is 79.9. The zero-order valence-electron chi connectivity index (χ0n) is 12.7. The normalized spacial score (nSPS) is 11.3. The van der Waals surface area contributed by atoms with Gasteiger partial charge in [-0.15, -0.1) is 0 Å². The van der Waals surface area contributed by atoms with Gasteiger partial charge in [0.1, 0.15) is 17.3 Å². The minimum Gasteiger partial charge on any atom is -0.383 e. The number of unbranched alkanes of at least 4 members (excludes halogenated alkanes) is 1. The van der Waals surface area contributed by atoms with Crippen molar-refractivity contribution >= 4 is 33.3 Å². The van der Waals surface area contributed by atoms with Gasteiger partial charge in [0, 0.05) is 22.5 Å². The lowest BCUT2D eigenvalue weighted by Gasteiger charge is -2.11. The summed E-state index contributed by atoms with van der Waals surface area (Å²) in [5, 5.41) is 0.659. The van der Waals surface area contributed by atoms with Crippen LogP contribution in [0.3, 0.4) is 0 Å². The molecule has 0 saturated carbocycles. The van der Waals surface area contributed by atoms with Crippen LogP contribution in [0.25, 0.3) is 11.3 Å². The number of rotatable bonds is 5. The summed E-state index contributed by atoms with van der Waals surface area (Å²) in [6.07, 6.45) is 2.22. The van der Waals surface area contributed by atoms with Crippen LogP contribution in [0.5, 0.6) is 0 Å². The lowest BCUT2D eigenvalue weighted by molar-refractivity contribution is 0.588. The van der Waals surface area contributed by atoms with Crippen LogP contribution in [0.1, 0.15) is 45.4 Å². The molecule has 1 heterocycles. The minimum absolute atomic E-state index is 0.326. The molecule has 0 aliphatic carbocycles. The van der Waals surface area contributed by atoms with Crippen molar-refractivity contribution in [2.45, 2.75) is 46.1 Å². The third kappa shape index (κ3) is 3.43. The molecular formula is C16H21BrClN3. The number of nitrogens with two attached hydrogens (primary N) is 1. The van der Waals surface area contributed by atoms with E-state index in [9.17, 15) is 0 Å². The molecule has 0 fully saturated rings. The van der Waals surface area contributed by atoms with E-state index < -0.39 is 0 Å². The minimum atomic E-state index is 0.326. The Morgan fingerprint density at radius 3 is 2.67 bits per heavy atom. The summed E-state index contributed by atoms with van der Waals surface area (Å²) >= 11 is 9.77. The van der Waals surface area contributed by atoms with Crippen molar-refractivity contribution in [3.05, 3.63) is 33.5 Å². The highest BCUT2D eigenvalue weighted by Crippen LogP contribution is 2.35. The van der Waals surface area contributed by atoms with Crippen molar-refractivity contribution in [3.63, 3.8) is 0 Å². The van der Waals surface area contributed by atoms with Crippen molar-refractivity contribution in [2.75, 3.05) is 5.73 Å². The SMILES string of the molecule is CCCCn1c(C(C)C)nc(-c2ccc(Br)cc2Cl)c1N. The lowest BCUT2D eigenvalue weighted by Crippen LogP contribution is -2.08. The van der Waals surface area contributed by atoms with Gasteiger partial charge in [0.25, 0.3) is 0 Å². The average molecular weight is 371 g/mol. The van der Waals surface area contributed by atoms with E-state index in [4.69, 9.17) is 22.3 Å². The first kappa shape index (κ1) is 16.4. The van der Waals surface area contributed by atoms with Gasteiger partial charge in [0.05, 0.1) is 5.02 Å². The molecule has 2 N–H and O–H groups in total. The number of nitrogen functional groups attached to an aromatic ring is 1. The standard InChI is InChI=1S/C16H21BrClN3/c1-4-5-8-21-15(19)14(20-16(21)10(2)3)12-7-6-11(17)9-13(12)18/h6-7,9-10H,4-5,8,19H2,1-3H3. The first-order chi connectivity index (χ1) is 9.95. The van der Waals surface area contributed by atoms with Gasteiger partial charge in [-0.1, -0.05) is 60.8 Å².